The van der Waals surface area contributed by atoms with Gasteiger partial charge in [-0.15, -0.1) is 0 Å². The van der Waals surface area contributed by atoms with E-state index in [-0.39, 0.29) is 11.8 Å². The van der Waals surface area contributed by atoms with E-state index >= 15 is 0 Å². The number of piperazine rings is 1. The van der Waals surface area contributed by atoms with Crippen LogP contribution in [0.1, 0.15) is 23.2 Å². The average Bonchev–Trinajstić information content (AvgIpc) is 3.56. The van der Waals surface area contributed by atoms with Crippen LogP contribution < -0.4 is 5.73 Å². The summed E-state index contributed by atoms with van der Waals surface area (Å²) in [6, 6.07) is 19.7. The number of nitrogens with zero attached hydrogens (tertiary/aromatic N) is 3. The van der Waals surface area contributed by atoms with Crippen molar-refractivity contribution < 1.29 is 9.59 Å². The minimum atomic E-state index is -0.640. The molecular formula is C24H24N4O2. The molecule has 2 aromatic carbocycles. The maximum absolute atomic E-state index is 12.9. The van der Waals surface area contributed by atoms with E-state index in [1.165, 1.54) is 0 Å². The molecule has 5 rings (SSSR count). The van der Waals surface area contributed by atoms with Gasteiger partial charge in [-0.05, 0) is 37.1 Å². The first-order valence-corrected chi connectivity index (χ1v) is 10.4. The summed E-state index contributed by atoms with van der Waals surface area (Å²) in [5.41, 5.74) is 8.85. The minimum absolute atomic E-state index is 0.00555. The minimum Gasteiger partial charge on any atom is -0.338 e. The number of nitrogens with two attached hydrogens (primary N) is 1. The fourth-order valence-electron chi connectivity index (χ4n) is 3.97. The summed E-state index contributed by atoms with van der Waals surface area (Å²) >= 11 is 0. The molecule has 6 nitrogen and oxygen atoms in total. The van der Waals surface area contributed by atoms with Gasteiger partial charge in [-0.1, -0.05) is 36.4 Å². The molecule has 2 N–H and O–H groups in total. The Morgan fingerprint density at radius 1 is 0.833 bits per heavy atom. The van der Waals surface area contributed by atoms with Crippen molar-refractivity contribution in [3.05, 3.63) is 66.2 Å². The highest BCUT2D eigenvalue weighted by atomic mass is 16.2. The molecule has 1 aliphatic heterocycles. The SMILES string of the molecule is NC1(C(=O)N2CCN(C(=O)c3ccc(-c4ccc5ccccc5n4)cc3)CC2)CC1. The predicted molar refractivity (Wildman–Crippen MR) is 116 cm³/mol. The summed E-state index contributed by atoms with van der Waals surface area (Å²) < 4.78 is 0. The third-order valence-corrected chi connectivity index (χ3v) is 6.09. The molecule has 30 heavy (non-hydrogen) atoms. The Morgan fingerprint density at radius 3 is 2.20 bits per heavy atom. The van der Waals surface area contributed by atoms with Crippen LogP contribution in [0.25, 0.3) is 22.2 Å². The van der Waals surface area contributed by atoms with Crippen molar-refractivity contribution in [3.63, 3.8) is 0 Å². The van der Waals surface area contributed by atoms with Gasteiger partial charge in [-0.3, -0.25) is 9.59 Å². The van der Waals surface area contributed by atoms with Crippen LogP contribution in [0.15, 0.2) is 60.7 Å². The Hall–Kier alpha value is -3.25. The summed E-state index contributed by atoms with van der Waals surface area (Å²) in [5.74, 6) is 0.0239. The highest BCUT2D eigenvalue weighted by Gasteiger charge is 2.48. The van der Waals surface area contributed by atoms with Crippen LogP contribution >= 0.6 is 0 Å². The predicted octanol–water partition coefficient (Wildman–Crippen LogP) is 2.68. The second-order valence-electron chi connectivity index (χ2n) is 8.21. The van der Waals surface area contributed by atoms with Gasteiger partial charge in [0, 0.05) is 42.7 Å². The maximum Gasteiger partial charge on any atom is 0.253 e. The van der Waals surface area contributed by atoms with Crippen LogP contribution in [-0.2, 0) is 4.79 Å². The zero-order valence-corrected chi connectivity index (χ0v) is 16.8. The molecule has 1 aromatic heterocycles. The first-order valence-electron chi connectivity index (χ1n) is 10.4. The molecule has 2 aliphatic rings. The van der Waals surface area contributed by atoms with E-state index in [1.54, 1.807) is 4.90 Å². The van der Waals surface area contributed by atoms with Crippen LogP contribution in [0.3, 0.4) is 0 Å². The number of rotatable bonds is 3. The first kappa shape index (κ1) is 18.8. The molecule has 1 saturated heterocycles. The first-order chi connectivity index (χ1) is 14.5. The van der Waals surface area contributed by atoms with Crippen LogP contribution in [0.2, 0.25) is 0 Å². The molecule has 1 aliphatic carbocycles. The van der Waals surface area contributed by atoms with Crippen molar-refractivity contribution in [1.29, 1.82) is 0 Å². The highest BCUT2D eigenvalue weighted by molar-refractivity contribution is 5.95. The fraction of sp³-hybridized carbons (Fsp3) is 0.292. The van der Waals surface area contributed by atoms with Gasteiger partial charge in [-0.25, -0.2) is 4.98 Å². The maximum atomic E-state index is 12.9. The average molecular weight is 400 g/mol. The molecule has 0 unspecified atom stereocenters. The summed E-state index contributed by atoms with van der Waals surface area (Å²) in [6.07, 6.45) is 1.53. The number of hydrogen-bond acceptors (Lipinski definition) is 4. The molecule has 3 aromatic rings. The van der Waals surface area contributed by atoms with Crippen molar-refractivity contribution in [2.45, 2.75) is 18.4 Å². The molecular weight excluding hydrogens is 376 g/mol. The lowest BCUT2D eigenvalue weighted by atomic mass is 10.1. The highest BCUT2D eigenvalue weighted by Crippen LogP contribution is 2.34. The fourth-order valence-corrected chi connectivity index (χ4v) is 3.97. The van der Waals surface area contributed by atoms with Crippen molar-refractivity contribution in [2.24, 2.45) is 5.73 Å². The van der Waals surface area contributed by atoms with Crippen molar-refractivity contribution in [2.75, 3.05) is 26.2 Å². The number of carbonyl (C=O) groups excluding carboxylic acids is 2. The van der Waals surface area contributed by atoms with Gasteiger partial charge in [-0.2, -0.15) is 0 Å². The molecule has 0 spiro atoms. The summed E-state index contributed by atoms with van der Waals surface area (Å²) in [7, 11) is 0. The number of pyridine rings is 1. The lowest BCUT2D eigenvalue weighted by Gasteiger charge is -2.36. The summed E-state index contributed by atoms with van der Waals surface area (Å²) in [6.45, 7) is 2.16. The van der Waals surface area contributed by atoms with Gasteiger partial charge in [0.25, 0.3) is 5.91 Å². The van der Waals surface area contributed by atoms with E-state index in [4.69, 9.17) is 10.7 Å². The van der Waals surface area contributed by atoms with Crippen molar-refractivity contribution in [3.8, 4) is 11.3 Å². The Balaban J connectivity index is 1.26. The normalized spacial score (nSPS) is 17.8. The van der Waals surface area contributed by atoms with Crippen LogP contribution in [0.5, 0.6) is 0 Å². The summed E-state index contributed by atoms with van der Waals surface area (Å²) in [5, 5.41) is 1.10. The van der Waals surface area contributed by atoms with E-state index in [0.29, 0.717) is 31.7 Å². The largest absolute Gasteiger partial charge is 0.338 e. The number of benzene rings is 2. The van der Waals surface area contributed by atoms with Gasteiger partial charge in [0.15, 0.2) is 0 Å². The van der Waals surface area contributed by atoms with Gasteiger partial charge < -0.3 is 15.5 Å². The molecule has 0 radical (unpaired) electrons. The Morgan fingerprint density at radius 2 is 1.50 bits per heavy atom. The second kappa shape index (κ2) is 7.22. The van der Waals surface area contributed by atoms with E-state index in [0.717, 1.165) is 35.0 Å². The quantitative estimate of drug-likeness (QED) is 0.733. The Kier molecular flexibility index (Phi) is 4.51. The number of fused-ring (bicyclic) bond motifs is 1. The number of carbonyl (C=O) groups is 2. The molecule has 6 heteroatoms. The van der Waals surface area contributed by atoms with Gasteiger partial charge in [0.1, 0.15) is 0 Å². The number of amides is 2. The smallest absolute Gasteiger partial charge is 0.253 e. The molecule has 2 heterocycles. The second-order valence-corrected chi connectivity index (χ2v) is 8.21. The number of hydrogen-bond donors (Lipinski definition) is 1. The number of aromatic nitrogens is 1. The van der Waals surface area contributed by atoms with Crippen LogP contribution in [-0.4, -0.2) is 58.3 Å². The zero-order valence-electron chi connectivity index (χ0n) is 16.8. The Labute approximate surface area is 175 Å². The standard InChI is InChI=1S/C24H24N4O2/c25-24(11-12-24)23(30)28-15-13-27(14-16-28)22(29)19-7-5-18(6-8-19)21-10-9-17-3-1-2-4-20(17)26-21/h1-10H,11-16,25H2. The van der Waals surface area contributed by atoms with E-state index < -0.39 is 5.54 Å². The van der Waals surface area contributed by atoms with E-state index in [1.807, 2.05) is 59.5 Å². The topological polar surface area (TPSA) is 79.5 Å². The van der Waals surface area contributed by atoms with Crippen LogP contribution in [0, 0.1) is 0 Å². The lowest BCUT2D eigenvalue weighted by Crippen LogP contribution is -2.55. The number of para-hydroxylation sites is 1. The monoisotopic (exact) mass is 400 g/mol. The van der Waals surface area contributed by atoms with E-state index in [9.17, 15) is 9.59 Å². The van der Waals surface area contributed by atoms with Crippen molar-refractivity contribution in [1.82, 2.24) is 14.8 Å². The molecule has 1 saturated carbocycles. The molecule has 0 bridgehead atoms. The Bertz CT molecular complexity index is 1110. The van der Waals surface area contributed by atoms with Crippen LogP contribution in [0.4, 0.5) is 0 Å². The molecule has 2 amide bonds. The third-order valence-electron chi connectivity index (χ3n) is 6.09. The van der Waals surface area contributed by atoms with Gasteiger partial charge in [0.2, 0.25) is 5.91 Å². The molecule has 2 fully saturated rings. The molecule has 152 valence electrons. The third kappa shape index (κ3) is 3.44. The van der Waals surface area contributed by atoms with Gasteiger partial charge in [0.05, 0.1) is 16.7 Å². The van der Waals surface area contributed by atoms with Crippen molar-refractivity contribution >= 4 is 22.7 Å². The summed E-state index contributed by atoms with van der Waals surface area (Å²) in [4.78, 5) is 33.6. The molecule has 0 atom stereocenters. The lowest BCUT2D eigenvalue weighted by molar-refractivity contribution is -0.135. The zero-order chi connectivity index (χ0) is 20.7. The van der Waals surface area contributed by atoms with E-state index in [2.05, 4.69) is 6.07 Å². The van der Waals surface area contributed by atoms with Gasteiger partial charge >= 0.3 is 0 Å².